The number of carbonyl (C=O) groups is 2. The minimum Gasteiger partial charge on any atom is -0.449 e. The summed E-state index contributed by atoms with van der Waals surface area (Å²) in [4.78, 5) is 57.3. The van der Waals surface area contributed by atoms with Crippen LogP contribution in [0.25, 0.3) is 32.0 Å². The standard InChI is InChI=1S/C27H35FN7O4P.C22H21FN6O4S/c1-7-20-23(39-40(37-14-13-29-6)35(17(2)3)18(4)5)21(28)27(38-20)34-16-32-22-24(30-15-31-25(22)34)33-26(36)19-11-9-8-10-12-19;1-3-14-17(33-22(34)31-10-9-24-2)15(23)21(32-14)29-12-27-16-18(25-11-26-19(16)29)28-20(30)13-7-5-4-6-8-13/h8-12,15-18,20-21,23,27H,7,13-14H2,1-5H3,(H,30,31,33,36);4-8,11-12,14-15,17,21H,3,9-10H2,1H3,(H,25,26,28,30)/t20-,21-,23-,27?,40?;14-,15-,17-,21?/m11/s1. The van der Waals surface area contributed by atoms with E-state index in [4.69, 9.17) is 53.4 Å². The van der Waals surface area contributed by atoms with Gasteiger partial charge in [0, 0.05) is 35.4 Å². The van der Waals surface area contributed by atoms with Gasteiger partial charge in [0.25, 0.3) is 20.3 Å². The van der Waals surface area contributed by atoms with E-state index in [9.17, 15) is 9.59 Å². The van der Waals surface area contributed by atoms with Crippen LogP contribution in [0.5, 0.6) is 0 Å². The SMILES string of the molecule is [C-]#[N+]CCOC(=S)O[C@@H]1[C@@H](CC)OC(n2cnc3c(NC(=O)c4ccccc4)ncnc32)[C@@H]1F.[C-]#[N+]CCOP(O[C@@H]1[C@@H](CC)OC(n2cnc3c(NC(=O)c4ccccc4)ncnc32)[C@@H]1F)N(C(C)C)C(C)C. The molecule has 21 nitrogen and oxygen atoms in total. The van der Waals surface area contributed by atoms with E-state index >= 15 is 8.78 Å². The Labute approximate surface area is 432 Å². The first-order valence-corrected chi connectivity index (χ1v) is 25.4. The molecule has 2 amide bonds. The number of nitrogens with one attached hydrogen (secondary N) is 2. The second-order valence-electron chi connectivity index (χ2n) is 17.2. The van der Waals surface area contributed by atoms with Gasteiger partial charge in [0.1, 0.15) is 31.5 Å². The van der Waals surface area contributed by atoms with Crippen molar-refractivity contribution in [3.8, 4) is 0 Å². The first kappa shape index (κ1) is 55.0. The molecule has 2 saturated heterocycles. The highest BCUT2D eigenvalue weighted by atomic mass is 32.1. The highest BCUT2D eigenvalue weighted by Gasteiger charge is 2.50. The monoisotopic (exact) mass is 1060 g/mol. The third kappa shape index (κ3) is 12.8. The molecule has 74 heavy (non-hydrogen) atoms. The fourth-order valence-corrected chi connectivity index (χ4v) is 10.2. The van der Waals surface area contributed by atoms with E-state index in [1.807, 2.05) is 53.7 Å². The topological polar surface area (TPSA) is 213 Å². The maximum atomic E-state index is 16.2. The fraction of sp³-hybridized carbons (Fsp3) is 0.449. The number of ether oxygens (including phenoxy) is 4. The van der Waals surface area contributed by atoms with E-state index < -0.39 is 57.7 Å². The van der Waals surface area contributed by atoms with Gasteiger partial charge in [0.2, 0.25) is 13.1 Å². The molecule has 2 aliphatic rings. The van der Waals surface area contributed by atoms with Crippen molar-refractivity contribution in [3.63, 3.8) is 0 Å². The predicted octanol–water partition coefficient (Wildman–Crippen LogP) is 8.72. The van der Waals surface area contributed by atoms with Crippen LogP contribution in [-0.4, -0.2) is 136 Å². The van der Waals surface area contributed by atoms with Gasteiger partial charge < -0.3 is 48.3 Å². The number of anilines is 2. The maximum absolute atomic E-state index is 16.2. The molecule has 9 atom stereocenters. The Balaban J connectivity index is 0.000000219. The number of carbonyl (C=O) groups excluding carboxylic acids is 2. The molecule has 25 heteroatoms. The van der Waals surface area contributed by atoms with E-state index in [-0.39, 0.29) is 78.2 Å². The number of hydrogen-bond donors (Lipinski definition) is 2. The Kier molecular flexibility index (Phi) is 19.3. The van der Waals surface area contributed by atoms with Crippen molar-refractivity contribution < 1.29 is 46.4 Å². The summed E-state index contributed by atoms with van der Waals surface area (Å²) in [6.07, 6.45) is -2.03. The average Bonchev–Trinajstić information content (AvgIpc) is 4.18. The number of hydrogen-bond acceptors (Lipinski definition) is 16. The van der Waals surface area contributed by atoms with Crippen LogP contribution < -0.4 is 10.6 Å². The largest absolute Gasteiger partial charge is 0.449 e. The molecule has 0 radical (unpaired) electrons. The molecule has 0 spiro atoms. The zero-order valence-electron chi connectivity index (χ0n) is 41.4. The van der Waals surface area contributed by atoms with E-state index in [0.717, 1.165) is 0 Å². The summed E-state index contributed by atoms with van der Waals surface area (Å²) in [5.41, 5.74) is 2.14. The van der Waals surface area contributed by atoms with Crippen LogP contribution in [0.1, 0.15) is 87.6 Å². The van der Waals surface area contributed by atoms with Gasteiger partial charge in [0.05, 0.1) is 18.8 Å². The Morgan fingerprint density at radius 3 is 1.65 bits per heavy atom. The number of rotatable bonds is 19. The van der Waals surface area contributed by atoms with Crippen LogP contribution in [-0.2, 0) is 28.0 Å². The molecule has 0 bridgehead atoms. The van der Waals surface area contributed by atoms with Gasteiger partial charge in [-0.1, -0.05) is 50.2 Å². The van der Waals surface area contributed by atoms with Crippen LogP contribution in [0, 0.1) is 13.1 Å². The molecule has 390 valence electrons. The third-order valence-corrected chi connectivity index (χ3v) is 14.0. The summed E-state index contributed by atoms with van der Waals surface area (Å²) >= 11 is 5.02. The van der Waals surface area contributed by atoms with Crippen molar-refractivity contribution in [2.45, 2.75) is 116 Å². The molecule has 3 unspecified atom stereocenters. The van der Waals surface area contributed by atoms with Gasteiger partial charge in [-0.05, 0) is 64.8 Å². The van der Waals surface area contributed by atoms with Crippen molar-refractivity contribution >= 4 is 71.8 Å². The minimum atomic E-state index is -1.66. The number of aromatic nitrogens is 8. The van der Waals surface area contributed by atoms with Gasteiger partial charge in [-0.3, -0.25) is 18.7 Å². The molecule has 4 aromatic heterocycles. The van der Waals surface area contributed by atoms with Crippen molar-refractivity contribution in [2.24, 2.45) is 0 Å². The number of amides is 2. The van der Waals surface area contributed by atoms with Crippen LogP contribution in [0.15, 0.2) is 86.0 Å². The number of alkyl halides is 2. The first-order chi connectivity index (χ1) is 35.8. The molecular formula is C49H56F2N13O8PS. The van der Waals surface area contributed by atoms with Gasteiger partial charge in [0.15, 0.2) is 71.5 Å². The average molecular weight is 1060 g/mol. The molecule has 6 heterocycles. The summed E-state index contributed by atoms with van der Waals surface area (Å²) in [5.74, 6) is -0.296. The number of imidazole rings is 2. The Morgan fingerprint density at radius 1 is 0.730 bits per heavy atom. The third-order valence-electron chi connectivity index (χ3n) is 11.7. The summed E-state index contributed by atoms with van der Waals surface area (Å²) in [7, 11) is -1.66. The fourth-order valence-electron chi connectivity index (χ4n) is 8.27. The van der Waals surface area contributed by atoms with E-state index in [1.165, 1.54) is 34.4 Å². The highest BCUT2D eigenvalue weighted by molar-refractivity contribution is 7.79. The van der Waals surface area contributed by atoms with E-state index in [1.54, 1.807) is 48.5 Å². The van der Waals surface area contributed by atoms with Gasteiger partial charge >= 0.3 is 5.24 Å². The van der Waals surface area contributed by atoms with Crippen LogP contribution in [0.4, 0.5) is 20.4 Å². The number of nitrogens with zero attached hydrogens (tertiary/aromatic N) is 11. The molecule has 2 fully saturated rings. The Bertz CT molecular complexity index is 2920. The second-order valence-corrected chi connectivity index (χ2v) is 19.0. The molecule has 2 N–H and O–H groups in total. The van der Waals surface area contributed by atoms with Gasteiger partial charge in [-0.2, -0.15) is 0 Å². The lowest BCUT2D eigenvalue weighted by Crippen LogP contribution is -2.38. The van der Waals surface area contributed by atoms with Crippen molar-refractivity contribution in [2.75, 3.05) is 36.9 Å². The normalized spacial score (nSPS) is 21.7. The Morgan fingerprint density at radius 2 is 1.19 bits per heavy atom. The number of benzene rings is 2. The molecule has 8 rings (SSSR count). The Hall–Kier alpha value is -6.76. The second kappa shape index (κ2) is 25.9. The quantitative estimate of drug-likeness (QED) is 0.0336. The smallest absolute Gasteiger partial charge is 0.353 e. The van der Waals surface area contributed by atoms with Crippen molar-refractivity contribution in [1.29, 1.82) is 0 Å². The predicted molar refractivity (Wildman–Crippen MR) is 274 cm³/mol. The number of fused-ring (bicyclic) bond motifs is 2. The highest BCUT2D eigenvalue weighted by Crippen LogP contribution is 2.51. The van der Waals surface area contributed by atoms with Gasteiger partial charge in [-0.15, -0.1) is 0 Å². The lowest BCUT2D eigenvalue weighted by molar-refractivity contribution is -0.0246. The van der Waals surface area contributed by atoms with Gasteiger partial charge in [-0.25, -0.2) is 56.5 Å². The number of thiocarbonyl (C=S) groups is 1. The molecule has 0 aliphatic carbocycles. The summed E-state index contributed by atoms with van der Waals surface area (Å²) in [6, 6.07) is 17.6. The zero-order chi connectivity index (χ0) is 52.9. The summed E-state index contributed by atoms with van der Waals surface area (Å²) in [6.45, 7) is 26.3. The van der Waals surface area contributed by atoms with Crippen molar-refractivity contribution in [1.82, 2.24) is 43.7 Å². The lowest BCUT2D eigenvalue weighted by Gasteiger charge is -2.37. The molecular weight excluding hydrogens is 1000 g/mol. The molecule has 6 aromatic rings. The van der Waals surface area contributed by atoms with E-state index in [0.29, 0.717) is 35.1 Å². The summed E-state index contributed by atoms with van der Waals surface area (Å²) < 4.78 is 71.8. The molecule has 2 aromatic carbocycles. The van der Waals surface area contributed by atoms with Crippen LogP contribution in [0.3, 0.4) is 0 Å². The lowest BCUT2D eigenvalue weighted by atomic mass is 10.1. The molecule has 2 aliphatic heterocycles. The minimum absolute atomic E-state index is 0.0631. The van der Waals surface area contributed by atoms with Crippen LogP contribution >= 0.6 is 20.7 Å². The number of halogens is 2. The van der Waals surface area contributed by atoms with E-state index in [2.05, 4.69) is 54.9 Å². The zero-order valence-corrected chi connectivity index (χ0v) is 43.1. The summed E-state index contributed by atoms with van der Waals surface area (Å²) in [5, 5.41) is 5.25. The maximum Gasteiger partial charge on any atom is 0.353 e. The molecule has 0 saturated carbocycles. The van der Waals surface area contributed by atoms with Crippen molar-refractivity contribution in [3.05, 3.63) is 120 Å². The first-order valence-electron chi connectivity index (χ1n) is 23.8. The van der Waals surface area contributed by atoms with Crippen LogP contribution in [0.2, 0.25) is 0 Å².